The normalized spacial score (nSPS) is 16.9. The van der Waals surface area contributed by atoms with E-state index in [-0.39, 0.29) is 6.04 Å². The van der Waals surface area contributed by atoms with Gasteiger partial charge in [-0.25, -0.2) is 13.1 Å². The molecule has 1 aliphatic carbocycles. The molecule has 0 aromatic heterocycles. The molecule has 1 fully saturated rings. The maximum Gasteiger partial charge on any atom is 0.241 e. The van der Waals surface area contributed by atoms with Gasteiger partial charge in [0.2, 0.25) is 10.0 Å². The number of rotatable bonds is 8. The van der Waals surface area contributed by atoms with Gasteiger partial charge in [0.15, 0.2) is 0 Å². The van der Waals surface area contributed by atoms with Crippen LogP contribution in [0.25, 0.3) is 0 Å². The fourth-order valence-electron chi connectivity index (χ4n) is 2.54. The van der Waals surface area contributed by atoms with Crippen molar-refractivity contribution in [1.82, 2.24) is 10.0 Å². The van der Waals surface area contributed by atoms with Crippen LogP contribution in [0, 0.1) is 12.8 Å². The Bertz CT molecular complexity index is 580. The lowest BCUT2D eigenvalue weighted by atomic mass is 10.1. The molecule has 1 aromatic carbocycles. The van der Waals surface area contributed by atoms with Gasteiger partial charge in [-0.15, -0.1) is 0 Å². The third-order valence-electron chi connectivity index (χ3n) is 4.10. The average Bonchev–Trinajstić information content (AvgIpc) is 3.24. The number of hydrogen-bond donors (Lipinski definition) is 2. The molecule has 1 aromatic rings. The molecule has 5 heteroatoms. The molecule has 0 radical (unpaired) electrons. The third-order valence-corrected chi connectivity index (χ3v) is 5.80. The van der Waals surface area contributed by atoms with Crippen LogP contribution < -0.4 is 10.0 Å². The van der Waals surface area contributed by atoms with Crippen molar-refractivity contribution in [2.24, 2.45) is 5.92 Å². The molecule has 0 bridgehead atoms. The molecule has 4 nitrogen and oxygen atoms in total. The minimum atomic E-state index is -3.43. The number of hydrogen-bond acceptors (Lipinski definition) is 3. The van der Waals surface area contributed by atoms with E-state index in [4.69, 9.17) is 0 Å². The highest BCUT2D eigenvalue weighted by molar-refractivity contribution is 7.89. The topological polar surface area (TPSA) is 58.2 Å². The van der Waals surface area contributed by atoms with Gasteiger partial charge in [-0.2, -0.15) is 0 Å². The fourth-order valence-corrected chi connectivity index (χ4v) is 4.14. The monoisotopic (exact) mass is 310 g/mol. The van der Waals surface area contributed by atoms with Crippen molar-refractivity contribution in [2.45, 2.75) is 57.5 Å². The van der Waals surface area contributed by atoms with Gasteiger partial charge in [-0.3, -0.25) is 0 Å². The summed E-state index contributed by atoms with van der Waals surface area (Å²) in [5.41, 5.74) is 1.89. The van der Waals surface area contributed by atoms with E-state index >= 15 is 0 Å². The first-order valence-electron chi connectivity index (χ1n) is 7.77. The molecule has 1 atom stereocenters. The summed E-state index contributed by atoms with van der Waals surface area (Å²) < 4.78 is 27.9. The smallest absolute Gasteiger partial charge is 0.241 e. The number of sulfonamides is 1. The molecular formula is C16H26N2O2S. The first-order chi connectivity index (χ1) is 9.95. The highest BCUT2D eigenvalue weighted by Gasteiger charge is 2.31. The van der Waals surface area contributed by atoms with Gasteiger partial charge < -0.3 is 5.32 Å². The fraction of sp³-hybridized carbons (Fsp3) is 0.625. The van der Waals surface area contributed by atoms with Gasteiger partial charge >= 0.3 is 0 Å². The number of benzene rings is 1. The van der Waals surface area contributed by atoms with E-state index in [9.17, 15) is 8.42 Å². The summed E-state index contributed by atoms with van der Waals surface area (Å²) in [5.74, 6) is 0.509. The van der Waals surface area contributed by atoms with Crippen LogP contribution in [0.5, 0.6) is 0 Å². The van der Waals surface area contributed by atoms with Crippen molar-refractivity contribution in [3.63, 3.8) is 0 Å². The number of nitrogens with one attached hydrogen (secondary N) is 2. The maximum absolute atomic E-state index is 12.5. The van der Waals surface area contributed by atoms with E-state index in [2.05, 4.69) is 17.0 Å². The molecule has 0 spiro atoms. The Kier molecular flexibility index (Phi) is 5.41. The molecular weight excluding hydrogens is 284 g/mol. The first kappa shape index (κ1) is 16.5. The van der Waals surface area contributed by atoms with Gasteiger partial charge in [0.1, 0.15) is 0 Å². The second kappa shape index (κ2) is 6.90. The molecule has 2 N–H and O–H groups in total. The largest absolute Gasteiger partial charge is 0.313 e. The zero-order valence-electron chi connectivity index (χ0n) is 13.1. The van der Waals surface area contributed by atoms with Crippen molar-refractivity contribution >= 4 is 10.0 Å². The van der Waals surface area contributed by atoms with E-state index in [1.807, 2.05) is 26.0 Å². The predicted octanol–water partition coefficient (Wildman–Crippen LogP) is 2.57. The summed E-state index contributed by atoms with van der Waals surface area (Å²) in [7, 11) is -3.43. The molecule has 0 saturated heterocycles. The molecule has 0 amide bonds. The van der Waals surface area contributed by atoms with Crippen molar-refractivity contribution in [1.29, 1.82) is 0 Å². The Morgan fingerprint density at radius 2 is 2.05 bits per heavy atom. The van der Waals surface area contributed by atoms with E-state index in [0.29, 0.717) is 17.4 Å². The van der Waals surface area contributed by atoms with Crippen LogP contribution in [0.4, 0.5) is 0 Å². The Labute approximate surface area is 128 Å². The zero-order chi connectivity index (χ0) is 15.5. The lowest BCUT2D eigenvalue weighted by Gasteiger charge is -2.16. The van der Waals surface area contributed by atoms with Crippen LogP contribution in [0.1, 0.15) is 44.2 Å². The highest BCUT2D eigenvalue weighted by atomic mass is 32.2. The second-order valence-corrected chi connectivity index (χ2v) is 7.65. The summed E-state index contributed by atoms with van der Waals surface area (Å²) in [4.78, 5) is 0.408. The molecule has 1 saturated carbocycles. The van der Waals surface area contributed by atoms with Gasteiger partial charge in [-0.05, 0) is 62.8 Å². The van der Waals surface area contributed by atoms with E-state index in [1.165, 1.54) is 0 Å². The Hall–Kier alpha value is -0.910. The standard InChI is InChI=1S/C16H26N2O2S/c1-4-10-17-11-15-6-5-7-16(12(15)2)21(19,20)18-13(3)14-8-9-14/h5-7,13-14,17-18H,4,8-11H2,1-3H3. The Balaban J connectivity index is 2.15. The van der Waals surface area contributed by atoms with E-state index < -0.39 is 10.0 Å². The Morgan fingerprint density at radius 3 is 2.67 bits per heavy atom. The molecule has 0 heterocycles. The molecule has 1 unspecified atom stereocenters. The van der Waals surface area contributed by atoms with Crippen molar-refractivity contribution in [2.75, 3.05) is 6.54 Å². The van der Waals surface area contributed by atoms with Gasteiger partial charge in [0.05, 0.1) is 4.90 Å². The predicted molar refractivity (Wildman–Crippen MR) is 85.7 cm³/mol. The highest BCUT2D eigenvalue weighted by Crippen LogP contribution is 2.33. The van der Waals surface area contributed by atoms with Crippen LogP contribution >= 0.6 is 0 Å². The van der Waals surface area contributed by atoms with Gasteiger partial charge in [0, 0.05) is 12.6 Å². The van der Waals surface area contributed by atoms with Crippen LogP contribution in [-0.4, -0.2) is 21.0 Å². The van der Waals surface area contributed by atoms with Crippen molar-refractivity contribution in [3.8, 4) is 0 Å². The molecule has 1 aliphatic rings. The summed E-state index contributed by atoms with van der Waals surface area (Å²) in [6.07, 6.45) is 3.32. The van der Waals surface area contributed by atoms with Crippen molar-refractivity contribution in [3.05, 3.63) is 29.3 Å². The summed E-state index contributed by atoms with van der Waals surface area (Å²) >= 11 is 0. The van der Waals surface area contributed by atoms with Crippen LogP contribution in [0.2, 0.25) is 0 Å². The SMILES string of the molecule is CCCNCc1cccc(S(=O)(=O)NC(C)C2CC2)c1C. The van der Waals surface area contributed by atoms with E-state index in [1.54, 1.807) is 6.07 Å². The van der Waals surface area contributed by atoms with Crippen LogP contribution in [-0.2, 0) is 16.6 Å². The lowest BCUT2D eigenvalue weighted by Crippen LogP contribution is -2.34. The first-order valence-corrected chi connectivity index (χ1v) is 9.25. The summed E-state index contributed by atoms with van der Waals surface area (Å²) in [6, 6.07) is 5.53. The van der Waals surface area contributed by atoms with Crippen LogP contribution in [0.3, 0.4) is 0 Å². The van der Waals surface area contributed by atoms with Gasteiger partial charge in [0.25, 0.3) is 0 Å². The quantitative estimate of drug-likeness (QED) is 0.726. The maximum atomic E-state index is 12.5. The minimum Gasteiger partial charge on any atom is -0.313 e. The second-order valence-electron chi connectivity index (χ2n) is 5.96. The average molecular weight is 310 g/mol. The van der Waals surface area contributed by atoms with Crippen LogP contribution in [0.15, 0.2) is 23.1 Å². The lowest BCUT2D eigenvalue weighted by molar-refractivity contribution is 0.537. The molecule has 118 valence electrons. The minimum absolute atomic E-state index is 0.0243. The molecule has 2 rings (SSSR count). The van der Waals surface area contributed by atoms with E-state index in [0.717, 1.165) is 36.9 Å². The third kappa shape index (κ3) is 4.28. The molecule has 21 heavy (non-hydrogen) atoms. The molecule has 0 aliphatic heterocycles. The van der Waals surface area contributed by atoms with Gasteiger partial charge in [-0.1, -0.05) is 19.1 Å². The zero-order valence-corrected chi connectivity index (χ0v) is 14.0. The Morgan fingerprint density at radius 1 is 1.33 bits per heavy atom. The summed E-state index contributed by atoms with van der Waals surface area (Å²) in [6.45, 7) is 7.61. The summed E-state index contributed by atoms with van der Waals surface area (Å²) in [5, 5.41) is 3.32. The van der Waals surface area contributed by atoms with Crippen molar-refractivity contribution < 1.29 is 8.42 Å².